The molecule has 1 aliphatic heterocycles. The predicted molar refractivity (Wildman–Crippen MR) is 99.8 cm³/mol. The number of benzene rings is 2. The minimum Gasteiger partial charge on any atom is -0.453 e. The molecule has 2 aromatic carbocycles. The molecular formula is C21H16N2O4. The van der Waals surface area contributed by atoms with Crippen LogP contribution in [0.5, 0.6) is 0 Å². The van der Waals surface area contributed by atoms with Gasteiger partial charge in [-0.25, -0.2) is 9.78 Å². The largest absolute Gasteiger partial charge is 0.453 e. The summed E-state index contributed by atoms with van der Waals surface area (Å²) in [6, 6.07) is 15.8. The van der Waals surface area contributed by atoms with Gasteiger partial charge < -0.3 is 10.1 Å². The Hall–Kier alpha value is -3.54. The van der Waals surface area contributed by atoms with E-state index < -0.39 is 5.97 Å². The van der Waals surface area contributed by atoms with E-state index in [2.05, 4.69) is 10.3 Å². The number of nitrogens with one attached hydrogen (secondary N) is 1. The van der Waals surface area contributed by atoms with Crippen LogP contribution in [0.2, 0.25) is 0 Å². The van der Waals surface area contributed by atoms with Gasteiger partial charge in [-0.15, -0.1) is 0 Å². The fourth-order valence-electron chi connectivity index (χ4n) is 3.06. The van der Waals surface area contributed by atoms with Crippen molar-refractivity contribution >= 4 is 34.3 Å². The zero-order valence-corrected chi connectivity index (χ0v) is 14.6. The fourth-order valence-corrected chi connectivity index (χ4v) is 3.06. The summed E-state index contributed by atoms with van der Waals surface area (Å²) in [5, 5.41) is 3.67. The van der Waals surface area contributed by atoms with Gasteiger partial charge in [-0.1, -0.05) is 24.3 Å². The standard InChI is InChI=1S/C21H16N2O4/c1-12-15-10-14(7-8-17(15)23-20(12)25)19(24)11-27-21(26)18-9-6-13-4-2-3-5-16(13)22-18/h2-10,12H,11H2,1H3,(H,23,25)/t12-/m1/s1. The summed E-state index contributed by atoms with van der Waals surface area (Å²) < 4.78 is 5.13. The molecule has 6 nitrogen and oxygen atoms in total. The van der Waals surface area contributed by atoms with Crippen molar-refractivity contribution in [3.05, 3.63) is 71.4 Å². The number of fused-ring (bicyclic) bond motifs is 2. The number of amides is 1. The maximum absolute atomic E-state index is 12.4. The van der Waals surface area contributed by atoms with E-state index in [0.29, 0.717) is 16.8 Å². The minimum atomic E-state index is -0.652. The molecule has 0 saturated heterocycles. The molecule has 1 atom stereocenters. The lowest BCUT2D eigenvalue weighted by Gasteiger charge is -2.07. The zero-order chi connectivity index (χ0) is 19.0. The number of hydrogen-bond acceptors (Lipinski definition) is 5. The fraction of sp³-hybridized carbons (Fsp3) is 0.143. The van der Waals surface area contributed by atoms with Gasteiger partial charge in [0.1, 0.15) is 5.69 Å². The second-order valence-electron chi connectivity index (χ2n) is 6.40. The van der Waals surface area contributed by atoms with Crippen LogP contribution in [-0.2, 0) is 9.53 Å². The summed E-state index contributed by atoms with van der Waals surface area (Å²) in [7, 11) is 0. The quantitative estimate of drug-likeness (QED) is 0.570. The van der Waals surface area contributed by atoms with Gasteiger partial charge in [-0.2, -0.15) is 0 Å². The number of Topliss-reactive ketones (excluding diaryl/α,β-unsaturated/α-hetero) is 1. The molecule has 4 rings (SSSR count). The van der Waals surface area contributed by atoms with Gasteiger partial charge in [0.25, 0.3) is 0 Å². The van der Waals surface area contributed by atoms with Crippen LogP contribution in [0.25, 0.3) is 10.9 Å². The van der Waals surface area contributed by atoms with Crippen LogP contribution in [-0.4, -0.2) is 29.3 Å². The van der Waals surface area contributed by atoms with Crippen LogP contribution in [0, 0.1) is 0 Å². The van der Waals surface area contributed by atoms with E-state index in [1.807, 2.05) is 18.2 Å². The molecule has 0 radical (unpaired) electrons. The van der Waals surface area contributed by atoms with E-state index in [0.717, 1.165) is 10.9 Å². The second kappa shape index (κ2) is 6.64. The molecule has 0 spiro atoms. The molecule has 2 heterocycles. The van der Waals surface area contributed by atoms with E-state index >= 15 is 0 Å². The summed E-state index contributed by atoms with van der Waals surface area (Å²) in [5.41, 5.74) is 2.72. The maximum Gasteiger partial charge on any atom is 0.357 e. The first-order valence-corrected chi connectivity index (χ1v) is 8.54. The van der Waals surface area contributed by atoms with Crippen LogP contribution in [0.3, 0.4) is 0 Å². The van der Waals surface area contributed by atoms with Gasteiger partial charge in [0, 0.05) is 16.6 Å². The highest BCUT2D eigenvalue weighted by molar-refractivity contribution is 6.05. The number of nitrogens with zero attached hydrogens (tertiary/aromatic N) is 1. The van der Waals surface area contributed by atoms with Gasteiger partial charge in [0.15, 0.2) is 12.4 Å². The molecule has 3 aromatic rings. The van der Waals surface area contributed by atoms with E-state index in [1.165, 1.54) is 0 Å². The Morgan fingerprint density at radius 3 is 2.78 bits per heavy atom. The lowest BCUT2D eigenvalue weighted by Crippen LogP contribution is -2.15. The third-order valence-corrected chi connectivity index (χ3v) is 4.63. The average Bonchev–Trinajstić information content (AvgIpc) is 2.98. The van der Waals surface area contributed by atoms with E-state index in [1.54, 1.807) is 43.3 Å². The van der Waals surface area contributed by atoms with Crippen LogP contribution in [0.15, 0.2) is 54.6 Å². The van der Waals surface area contributed by atoms with Gasteiger partial charge in [-0.3, -0.25) is 9.59 Å². The highest BCUT2D eigenvalue weighted by atomic mass is 16.5. The lowest BCUT2D eigenvalue weighted by molar-refractivity contribution is -0.116. The monoisotopic (exact) mass is 360 g/mol. The number of hydrogen-bond donors (Lipinski definition) is 1. The first-order valence-electron chi connectivity index (χ1n) is 8.54. The van der Waals surface area contributed by atoms with Crippen LogP contribution < -0.4 is 5.32 Å². The van der Waals surface area contributed by atoms with Gasteiger partial charge in [0.05, 0.1) is 11.4 Å². The molecule has 1 N–H and O–H groups in total. The van der Waals surface area contributed by atoms with Crippen molar-refractivity contribution in [2.24, 2.45) is 0 Å². The van der Waals surface area contributed by atoms with Crippen molar-refractivity contribution in [1.29, 1.82) is 0 Å². The smallest absolute Gasteiger partial charge is 0.357 e. The third-order valence-electron chi connectivity index (χ3n) is 4.63. The Labute approximate surface area is 155 Å². The molecule has 6 heteroatoms. The highest BCUT2D eigenvalue weighted by Crippen LogP contribution is 2.32. The van der Waals surface area contributed by atoms with Gasteiger partial charge in [-0.05, 0) is 42.8 Å². The van der Waals surface area contributed by atoms with Crippen molar-refractivity contribution in [3.8, 4) is 0 Å². The topological polar surface area (TPSA) is 85.4 Å². The molecule has 0 fully saturated rings. The number of ether oxygens (including phenoxy) is 1. The van der Waals surface area contributed by atoms with Crippen molar-refractivity contribution in [1.82, 2.24) is 4.98 Å². The average molecular weight is 360 g/mol. The zero-order valence-electron chi connectivity index (χ0n) is 14.6. The SMILES string of the molecule is C[C@H]1C(=O)Nc2ccc(C(=O)COC(=O)c3ccc4ccccc4n3)cc21. The minimum absolute atomic E-state index is 0.0941. The summed E-state index contributed by atoms with van der Waals surface area (Å²) >= 11 is 0. The number of ketones is 1. The summed E-state index contributed by atoms with van der Waals surface area (Å²) in [6.07, 6.45) is 0. The number of carbonyl (C=O) groups is 3. The Bertz CT molecular complexity index is 1090. The summed E-state index contributed by atoms with van der Waals surface area (Å²) in [5.74, 6) is -1.39. The lowest BCUT2D eigenvalue weighted by atomic mass is 9.99. The highest BCUT2D eigenvalue weighted by Gasteiger charge is 2.27. The normalized spacial score (nSPS) is 15.3. The Balaban J connectivity index is 1.46. The van der Waals surface area contributed by atoms with Crippen molar-refractivity contribution < 1.29 is 19.1 Å². The van der Waals surface area contributed by atoms with Crippen molar-refractivity contribution in [2.45, 2.75) is 12.8 Å². The van der Waals surface area contributed by atoms with Crippen molar-refractivity contribution in [2.75, 3.05) is 11.9 Å². The van der Waals surface area contributed by atoms with Crippen LogP contribution in [0.4, 0.5) is 5.69 Å². The maximum atomic E-state index is 12.4. The molecular weight excluding hydrogens is 344 g/mol. The summed E-state index contributed by atoms with van der Waals surface area (Å²) in [4.78, 5) is 40.6. The number of aromatic nitrogens is 1. The molecule has 1 aromatic heterocycles. The Morgan fingerprint density at radius 1 is 1.11 bits per heavy atom. The molecule has 0 saturated carbocycles. The molecule has 134 valence electrons. The van der Waals surface area contributed by atoms with E-state index in [4.69, 9.17) is 4.74 Å². The molecule has 27 heavy (non-hydrogen) atoms. The number of esters is 1. The molecule has 1 amide bonds. The van der Waals surface area contributed by atoms with Crippen LogP contribution >= 0.6 is 0 Å². The second-order valence-corrected chi connectivity index (χ2v) is 6.40. The third kappa shape index (κ3) is 3.17. The van der Waals surface area contributed by atoms with Crippen molar-refractivity contribution in [3.63, 3.8) is 0 Å². The first-order chi connectivity index (χ1) is 13.0. The molecule has 0 bridgehead atoms. The first kappa shape index (κ1) is 16.9. The molecule has 0 unspecified atom stereocenters. The Morgan fingerprint density at radius 2 is 1.93 bits per heavy atom. The molecule has 1 aliphatic rings. The number of carbonyl (C=O) groups excluding carboxylic acids is 3. The predicted octanol–water partition coefficient (Wildman–Crippen LogP) is 3.33. The number of rotatable bonds is 4. The van der Waals surface area contributed by atoms with Gasteiger partial charge >= 0.3 is 5.97 Å². The van der Waals surface area contributed by atoms with E-state index in [-0.39, 0.29) is 29.9 Å². The number of anilines is 1. The van der Waals surface area contributed by atoms with Gasteiger partial charge in [0.2, 0.25) is 5.91 Å². The molecule has 0 aliphatic carbocycles. The number of pyridine rings is 1. The Kier molecular flexibility index (Phi) is 4.16. The summed E-state index contributed by atoms with van der Waals surface area (Å²) in [6.45, 7) is 1.39. The van der Waals surface area contributed by atoms with E-state index in [9.17, 15) is 14.4 Å². The van der Waals surface area contributed by atoms with Crippen LogP contribution in [0.1, 0.15) is 39.3 Å². The number of para-hydroxylation sites is 1.